The fourth-order valence-corrected chi connectivity index (χ4v) is 3.53. The van der Waals surface area contributed by atoms with Crippen molar-refractivity contribution in [2.45, 2.75) is 46.1 Å². The fraction of sp³-hybridized carbons (Fsp3) is 0.824. The molecule has 2 N–H and O–H groups in total. The lowest BCUT2D eigenvalue weighted by Crippen LogP contribution is -2.43. The van der Waals surface area contributed by atoms with Crippen molar-refractivity contribution < 1.29 is 0 Å². The van der Waals surface area contributed by atoms with E-state index in [9.17, 15) is 0 Å². The van der Waals surface area contributed by atoms with Gasteiger partial charge in [0.25, 0.3) is 0 Å². The van der Waals surface area contributed by atoms with E-state index in [0.717, 1.165) is 50.3 Å². The highest BCUT2D eigenvalue weighted by molar-refractivity contribution is 5.80. The van der Waals surface area contributed by atoms with Gasteiger partial charge in [-0.1, -0.05) is 26.0 Å². The first-order valence-electron chi connectivity index (χ1n) is 8.59. The van der Waals surface area contributed by atoms with Gasteiger partial charge in [-0.25, -0.2) is 0 Å². The monoisotopic (exact) mass is 292 g/mol. The first-order chi connectivity index (χ1) is 10.2. The minimum absolute atomic E-state index is 0.526. The van der Waals surface area contributed by atoms with Crippen LogP contribution in [-0.4, -0.2) is 49.6 Å². The van der Waals surface area contributed by atoms with Crippen LogP contribution in [0.2, 0.25) is 0 Å². The predicted molar refractivity (Wildman–Crippen MR) is 90.7 cm³/mol. The number of hydrogen-bond acceptors (Lipinski definition) is 2. The lowest BCUT2D eigenvalue weighted by atomic mass is 9.92. The van der Waals surface area contributed by atoms with Gasteiger partial charge in [0.15, 0.2) is 5.96 Å². The van der Waals surface area contributed by atoms with E-state index in [4.69, 9.17) is 4.99 Å². The van der Waals surface area contributed by atoms with E-state index in [2.05, 4.69) is 48.5 Å². The van der Waals surface area contributed by atoms with Crippen LogP contribution in [0.4, 0.5) is 0 Å². The van der Waals surface area contributed by atoms with Crippen LogP contribution in [0.3, 0.4) is 0 Å². The minimum atomic E-state index is 0.526. The second kappa shape index (κ2) is 8.42. The van der Waals surface area contributed by atoms with Crippen molar-refractivity contribution in [3.05, 3.63) is 12.2 Å². The normalized spacial score (nSPS) is 28.0. The minimum Gasteiger partial charge on any atom is -0.357 e. The van der Waals surface area contributed by atoms with Gasteiger partial charge >= 0.3 is 0 Å². The molecule has 0 saturated carbocycles. The van der Waals surface area contributed by atoms with Crippen LogP contribution in [0.1, 0.15) is 40.0 Å². The summed E-state index contributed by atoms with van der Waals surface area (Å²) in [5.41, 5.74) is 0. The maximum Gasteiger partial charge on any atom is 0.191 e. The molecule has 4 heteroatoms. The summed E-state index contributed by atoms with van der Waals surface area (Å²) in [5.74, 6) is 2.63. The summed E-state index contributed by atoms with van der Waals surface area (Å²) in [7, 11) is 0. The summed E-state index contributed by atoms with van der Waals surface area (Å²) in [6.07, 6.45) is 8.10. The Morgan fingerprint density at radius 2 is 1.86 bits per heavy atom. The summed E-state index contributed by atoms with van der Waals surface area (Å²) in [6.45, 7) is 12.2. The topological polar surface area (TPSA) is 39.7 Å². The highest BCUT2D eigenvalue weighted by Crippen LogP contribution is 2.20. The number of piperidine rings is 1. The third kappa shape index (κ3) is 5.70. The molecule has 0 spiro atoms. The first kappa shape index (κ1) is 16.3. The number of nitrogens with zero attached hydrogens (tertiary/aromatic N) is 2. The summed E-state index contributed by atoms with van der Waals surface area (Å²) in [6, 6.07) is 0.526. The number of rotatable bonds is 5. The van der Waals surface area contributed by atoms with Crippen molar-refractivity contribution >= 4 is 5.96 Å². The molecule has 2 aliphatic rings. The lowest BCUT2D eigenvalue weighted by molar-refractivity contribution is 0.145. The second-order valence-electron chi connectivity index (χ2n) is 6.75. The Morgan fingerprint density at radius 3 is 2.48 bits per heavy atom. The molecular formula is C17H32N4. The van der Waals surface area contributed by atoms with Gasteiger partial charge in [0.05, 0.1) is 6.54 Å². The smallest absolute Gasteiger partial charge is 0.191 e. The highest BCUT2D eigenvalue weighted by atomic mass is 15.2. The van der Waals surface area contributed by atoms with Crippen molar-refractivity contribution in [1.29, 1.82) is 0 Å². The van der Waals surface area contributed by atoms with E-state index in [1.807, 2.05) is 0 Å². The Kier molecular flexibility index (Phi) is 6.55. The Morgan fingerprint density at radius 1 is 1.19 bits per heavy atom. The van der Waals surface area contributed by atoms with Crippen LogP contribution in [0.5, 0.6) is 0 Å². The highest BCUT2D eigenvalue weighted by Gasteiger charge is 2.21. The maximum absolute atomic E-state index is 4.75. The van der Waals surface area contributed by atoms with Crippen LogP contribution in [0.15, 0.2) is 17.1 Å². The molecule has 1 aliphatic heterocycles. The number of likely N-dealkylation sites (tertiary alicyclic amines) is 1. The molecule has 1 saturated heterocycles. The van der Waals surface area contributed by atoms with E-state index >= 15 is 0 Å². The molecule has 21 heavy (non-hydrogen) atoms. The fourth-order valence-electron chi connectivity index (χ4n) is 3.53. The standard InChI is InChI=1S/C17H32N4/c1-4-18-17(20-16-7-5-6-8-16)19-9-10-21-12-14(2)11-15(3)13-21/h5-6,14-16H,4,7-13H2,1-3H3,(H2,18,19,20). The quantitative estimate of drug-likeness (QED) is 0.464. The van der Waals surface area contributed by atoms with E-state index in [1.54, 1.807) is 0 Å². The third-order valence-electron chi connectivity index (χ3n) is 4.32. The molecule has 1 heterocycles. The van der Waals surface area contributed by atoms with Crippen molar-refractivity contribution in [2.24, 2.45) is 16.8 Å². The largest absolute Gasteiger partial charge is 0.357 e. The molecule has 120 valence electrons. The van der Waals surface area contributed by atoms with Crippen LogP contribution in [0.25, 0.3) is 0 Å². The zero-order valence-corrected chi connectivity index (χ0v) is 13.9. The first-order valence-corrected chi connectivity index (χ1v) is 8.59. The van der Waals surface area contributed by atoms with Gasteiger partial charge in [0.1, 0.15) is 0 Å². The molecule has 0 aromatic rings. The summed E-state index contributed by atoms with van der Waals surface area (Å²) in [5, 5.41) is 6.89. The van der Waals surface area contributed by atoms with Crippen molar-refractivity contribution in [3.8, 4) is 0 Å². The summed E-state index contributed by atoms with van der Waals surface area (Å²) < 4.78 is 0. The van der Waals surface area contributed by atoms with Gasteiger partial charge in [0, 0.05) is 32.2 Å². The average molecular weight is 292 g/mol. The molecule has 1 fully saturated rings. The zero-order chi connectivity index (χ0) is 15.1. The number of guanidine groups is 1. The van der Waals surface area contributed by atoms with Crippen LogP contribution < -0.4 is 10.6 Å². The molecule has 2 atom stereocenters. The maximum atomic E-state index is 4.75. The van der Waals surface area contributed by atoms with Crippen molar-refractivity contribution in [1.82, 2.24) is 15.5 Å². The molecule has 4 nitrogen and oxygen atoms in total. The third-order valence-corrected chi connectivity index (χ3v) is 4.32. The van der Waals surface area contributed by atoms with Crippen LogP contribution in [-0.2, 0) is 0 Å². The van der Waals surface area contributed by atoms with Crippen molar-refractivity contribution in [2.75, 3.05) is 32.7 Å². The van der Waals surface area contributed by atoms with Crippen LogP contribution in [0, 0.1) is 11.8 Å². The molecule has 2 unspecified atom stereocenters. The molecule has 0 aromatic carbocycles. The zero-order valence-electron chi connectivity index (χ0n) is 13.9. The number of nitrogens with one attached hydrogen (secondary N) is 2. The summed E-state index contributed by atoms with van der Waals surface area (Å²) in [4.78, 5) is 7.32. The second-order valence-corrected chi connectivity index (χ2v) is 6.75. The Labute approximate surface area is 130 Å². The number of aliphatic imine (C=N–C) groups is 1. The van der Waals surface area contributed by atoms with E-state index in [-0.39, 0.29) is 0 Å². The van der Waals surface area contributed by atoms with Gasteiger partial charge < -0.3 is 15.5 Å². The average Bonchev–Trinajstić information content (AvgIpc) is 2.90. The van der Waals surface area contributed by atoms with Gasteiger partial charge in [-0.15, -0.1) is 0 Å². The molecule has 0 bridgehead atoms. The molecule has 1 aliphatic carbocycles. The van der Waals surface area contributed by atoms with Gasteiger partial charge in [0.2, 0.25) is 0 Å². The predicted octanol–water partition coefficient (Wildman–Crippen LogP) is 2.24. The van der Waals surface area contributed by atoms with Gasteiger partial charge in [-0.05, 0) is 38.0 Å². The molecular weight excluding hydrogens is 260 g/mol. The molecule has 0 radical (unpaired) electrons. The van der Waals surface area contributed by atoms with E-state index in [1.165, 1.54) is 19.5 Å². The van der Waals surface area contributed by atoms with Gasteiger partial charge in [-0.2, -0.15) is 0 Å². The molecule has 0 aromatic heterocycles. The SMILES string of the molecule is CCNC(=NCCN1CC(C)CC(C)C1)NC1CC=CC1. The van der Waals surface area contributed by atoms with Gasteiger partial charge in [-0.3, -0.25) is 4.99 Å². The Balaban J connectivity index is 1.76. The van der Waals surface area contributed by atoms with E-state index < -0.39 is 0 Å². The number of hydrogen-bond donors (Lipinski definition) is 2. The Bertz CT molecular complexity index is 346. The molecule has 0 amide bonds. The summed E-state index contributed by atoms with van der Waals surface area (Å²) >= 11 is 0. The Hall–Kier alpha value is -1.03. The van der Waals surface area contributed by atoms with Crippen LogP contribution >= 0.6 is 0 Å². The van der Waals surface area contributed by atoms with E-state index in [0.29, 0.717) is 6.04 Å². The molecule has 2 rings (SSSR count). The lowest BCUT2D eigenvalue weighted by Gasteiger charge is -2.34. The van der Waals surface area contributed by atoms with Crippen molar-refractivity contribution in [3.63, 3.8) is 0 Å².